The summed E-state index contributed by atoms with van der Waals surface area (Å²) in [4.78, 5) is 12.0. The summed E-state index contributed by atoms with van der Waals surface area (Å²) in [5.74, 6) is -0.0623. The number of nitrogens with one attached hydrogen (secondary N) is 1. The van der Waals surface area contributed by atoms with Crippen molar-refractivity contribution in [3.05, 3.63) is 18.2 Å². The molecule has 0 aromatic heterocycles. The molecule has 1 N–H and O–H groups in total. The second kappa shape index (κ2) is 3.98. The summed E-state index contributed by atoms with van der Waals surface area (Å²) in [5, 5.41) is 2.65. The molecule has 1 aromatic carbocycles. The Balaban J connectivity index is 2.65. The molecule has 6 heteroatoms. The van der Waals surface area contributed by atoms with Crippen LogP contribution in [0, 0.1) is 5.41 Å². The molecule has 0 saturated heterocycles. The molecule has 0 spiro atoms. The fourth-order valence-electron chi connectivity index (χ4n) is 1.90. The normalized spacial score (nSPS) is 20.5. The van der Waals surface area contributed by atoms with E-state index in [9.17, 15) is 13.2 Å². The van der Waals surface area contributed by atoms with Gasteiger partial charge >= 0.3 is 0 Å². The number of hydrogen-bond acceptors (Lipinski definition) is 4. The number of rotatable bonds is 1. The molecule has 0 bridgehead atoms. The highest BCUT2D eigenvalue weighted by molar-refractivity contribution is 7.91. The summed E-state index contributed by atoms with van der Waals surface area (Å²) in [6.07, 6.45) is 0. The summed E-state index contributed by atoms with van der Waals surface area (Å²) >= 11 is 0. The third kappa shape index (κ3) is 2.08. The minimum atomic E-state index is -3.51. The van der Waals surface area contributed by atoms with Crippen LogP contribution < -0.4 is 10.1 Å². The zero-order chi connectivity index (χ0) is 13.6. The van der Waals surface area contributed by atoms with Crippen LogP contribution in [-0.4, -0.2) is 27.2 Å². The van der Waals surface area contributed by atoms with Gasteiger partial charge in [-0.25, -0.2) is 8.42 Å². The number of ether oxygens (including phenoxy) is 1. The quantitative estimate of drug-likeness (QED) is 0.837. The number of fused-ring (bicyclic) bond motifs is 1. The van der Waals surface area contributed by atoms with Crippen molar-refractivity contribution in [2.24, 2.45) is 5.41 Å². The van der Waals surface area contributed by atoms with Gasteiger partial charge in [0.25, 0.3) is 0 Å². The average Bonchev–Trinajstić information content (AvgIpc) is 2.33. The molecule has 98 valence electrons. The first kappa shape index (κ1) is 12.9. The number of amides is 1. The van der Waals surface area contributed by atoms with E-state index in [4.69, 9.17) is 4.74 Å². The van der Waals surface area contributed by atoms with Crippen LogP contribution in [0.1, 0.15) is 13.8 Å². The Morgan fingerprint density at radius 1 is 1.33 bits per heavy atom. The van der Waals surface area contributed by atoms with Crippen LogP contribution in [0.25, 0.3) is 0 Å². The summed E-state index contributed by atoms with van der Waals surface area (Å²) in [6, 6.07) is 4.60. The Hall–Kier alpha value is -1.56. The SMILES string of the molecule is COc1ccc2c(c1)S(=O)(=O)CC(C)(C)C(=O)N2. The van der Waals surface area contributed by atoms with E-state index < -0.39 is 15.3 Å². The fraction of sp³-hybridized carbons (Fsp3) is 0.417. The van der Waals surface area contributed by atoms with Gasteiger partial charge in [-0.3, -0.25) is 4.79 Å². The Bertz CT molecular complexity index is 605. The van der Waals surface area contributed by atoms with Crippen LogP contribution in [0.2, 0.25) is 0 Å². The highest BCUT2D eigenvalue weighted by Gasteiger charge is 2.39. The molecule has 1 amide bonds. The van der Waals surface area contributed by atoms with Crippen LogP contribution in [0.4, 0.5) is 5.69 Å². The van der Waals surface area contributed by atoms with Crippen molar-refractivity contribution in [1.82, 2.24) is 0 Å². The van der Waals surface area contributed by atoms with E-state index in [0.29, 0.717) is 11.4 Å². The van der Waals surface area contributed by atoms with Crippen molar-refractivity contribution in [2.75, 3.05) is 18.2 Å². The molecular weight excluding hydrogens is 254 g/mol. The minimum absolute atomic E-state index is 0.112. The molecule has 5 nitrogen and oxygen atoms in total. The monoisotopic (exact) mass is 269 g/mol. The molecule has 1 aromatic rings. The second-order valence-corrected chi connectivity index (χ2v) is 6.92. The van der Waals surface area contributed by atoms with E-state index in [0.717, 1.165) is 0 Å². The lowest BCUT2D eigenvalue weighted by Gasteiger charge is -2.18. The Kier molecular flexibility index (Phi) is 2.85. The molecule has 1 aliphatic rings. The predicted molar refractivity (Wildman–Crippen MR) is 67.5 cm³/mol. The van der Waals surface area contributed by atoms with E-state index in [-0.39, 0.29) is 16.6 Å². The van der Waals surface area contributed by atoms with Crippen molar-refractivity contribution in [3.8, 4) is 5.75 Å². The van der Waals surface area contributed by atoms with Crippen molar-refractivity contribution < 1.29 is 17.9 Å². The molecule has 18 heavy (non-hydrogen) atoms. The summed E-state index contributed by atoms with van der Waals surface area (Å²) in [7, 11) is -2.05. The van der Waals surface area contributed by atoms with Crippen LogP contribution in [-0.2, 0) is 14.6 Å². The highest BCUT2D eigenvalue weighted by atomic mass is 32.2. The first-order valence-corrected chi connectivity index (χ1v) is 7.14. The molecule has 0 fully saturated rings. The van der Waals surface area contributed by atoms with Crippen LogP contribution in [0.5, 0.6) is 5.75 Å². The summed E-state index contributed by atoms with van der Waals surface area (Å²) in [6.45, 7) is 3.23. The topological polar surface area (TPSA) is 72.5 Å². The van der Waals surface area contributed by atoms with Gasteiger partial charge in [-0.15, -0.1) is 0 Å². The van der Waals surface area contributed by atoms with Crippen molar-refractivity contribution in [3.63, 3.8) is 0 Å². The van der Waals surface area contributed by atoms with Gasteiger partial charge in [0.2, 0.25) is 5.91 Å². The maximum atomic E-state index is 12.3. The standard InChI is InChI=1S/C12H15NO4S/c1-12(2)7-18(15,16)10-6-8(17-3)4-5-9(10)13-11(12)14/h4-6H,7H2,1-3H3,(H,13,14). The first-order valence-electron chi connectivity index (χ1n) is 5.48. The van der Waals surface area contributed by atoms with Gasteiger partial charge in [0.05, 0.1) is 28.9 Å². The minimum Gasteiger partial charge on any atom is -0.497 e. The molecule has 1 aliphatic heterocycles. The van der Waals surface area contributed by atoms with Gasteiger partial charge in [0.15, 0.2) is 9.84 Å². The number of carbonyl (C=O) groups is 1. The van der Waals surface area contributed by atoms with Gasteiger partial charge in [-0.1, -0.05) is 13.8 Å². The maximum Gasteiger partial charge on any atom is 0.231 e. The Morgan fingerprint density at radius 3 is 2.61 bits per heavy atom. The highest BCUT2D eigenvalue weighted by Crippen LogP contribution is 2.35. The number of sulfone groups is 1. The molecule has 0 unspecified atom stereocenters. The van der Waals surface area contributed by atoms with Crippen LogP contribution in [0.15, 0.2) is 23.1 Å². The lowest BCUT2D eigenvalue weighted by atomic mass is 9.95. The zero-order valence-corrected chi connectivity index (χ0v) is 11.3. The maximum absolute atomic E-state index is 12.3. The fourth-order valence-corrected chi connectivity index (χ4v) is 3.89. The molecule has 0 saturated carbocycles. The van der Waals surface area contributed by atoms with Gasteiger partial charge in [0.1, 0.15) is 5.75 Å². The number of methoxy groups -OCH3 is 1. The Morgan fingerprint density at radius 2 is 2.00 bits per heavy atom. The lowest BCUT2D eigenvalue weighted by Crippen LogP contribution is -2.34. The van der Waals surface area contributed by atoms with Gasteiger partial charge in [-0.2, -0.15) is 0 Å². The van der Waals surface area contributed by atoms with E-state index >= 15 is 0 Å². The van der Waals surface area contributed by atoms with Gasteiger partial charge in [-0.05, 0) is 12.1 Å². The predicted octanol–water partition coefficient (Wildman–Crippen LogP) is 1.45. The van der Waals surface area contributed by atoms with Crippen molar-refractivity contribution in [1.29, 1.82) is 0 Å². The Labute approximate surface area is 106 Å². The van der Waals surface area contributed by atoms with E-state index in [1.54, 1.807) is 26.0 Å². The molecule has 0 radical (unpaired) electrons. The third-order valence-corrected chi connectivity index (χ3v) is 5.05. The second-order valence-electron chi connectivity index (χ2n) is 4.96. The van der Waals surface area contributed by atoms with E-state index in [2.05, 4.69) is 5.32 Å². The van der Waals surface area contributed by atoms with Gasteiger partial charge in [0, 0.05) is 6.07 Å². The zero-order valence-electron chi connectivity index (χ0n) is 10.5. The van der Waals surface area contributed by atoms with Gasteiger partial charge < -0.3 is 10.1 Å². The molecule has 0 atom stereocenters. The van der Waals surface area contributed by atoms with Crippen molar-refractivity contribution >= 4 is 21.4 Å². The summed E-state index contributed by atoms with van der Waals surface area (Å²) < 4.78 is 29.6. The molecule has 0 aliphatic carbocycles. The van der Waals surface area contributed by atoms with Crippen LogP contribution in [0.3, 0.4) is 0 Å². The summed E-state index contributed by atoms with van der Waals surface area (Å²) in [5.41, 5.74) is -0.642. The molecular formula is C12H15NO4S. The molecule has 2 rings (SSSR count). The lowest BCUT2D eigenvalue weighted by molar-refractivity contribution is -0.122. The number of anilines is 1. The van der Waals surface area contributed by atoms with E-state index in [1.807, 2.05) is 0 Å². The largest absolute Gasteiger partial charge is 0.497 e. The number of carbonyl (C=O) groups excluding carboxylic acids is 1. The first-order chi connectivity index (χ1) is 8.26. The average molecular weight is 269 g/mol. The van der Waals surface area contributed by atoms with E-state index in [1.165, 1.54) is 13.2 Å². The molecule has 1 heterocycles. The third-order valence-electron chi connectivity index (χ3n) is 2.94. The number of benzene rings is 1. The smallest absolute Gasteiger partial charge is 0.231 e. The number of hydrogen-bond donors (Lipinski definition) is 1. The van der Waals surface area contributed by atoms with Crippen molar-refractivity contribution in [2.45, 2.75) is 18.7 Å². The van der Waals surface area contributed by atoms with Crippen LogP contribution >= 0.6 is 0 Å².